The molecule has 0 radical (unpaired) electrons. The van der Waals surface area contributed by atoms with Crippen molar-refractivity contribution in [1.29, 1.82) is 0 Å². The number of nitrogens with two attached hydrogens (primary N) is 1. The molecule has 0 saturated heterocycles. The first-order valence-electron chi connectivity index (χ1n) is 4.20. The van der Waals surface area contributed by atoms with E-state index in [-0.39, 0.29) is 0 Å². The fraction of sp³-hybridized carbons (Fsp3) is 0.250. The van der Waals surface area contributed by atoms with Gasteiger partial charge < -0.3 is 10.3 Å². The second-order valence-corrected chi connectivity index (χ2v) is 3.33. The van der Waals surface area contributed by atoms with Gasteiger partial charge in [-0.3, -0.25) is 4.68 Å². The maximum absolute atomic E-state index is 5.76. The topological polar surface area (TPSA) is 61.7 Å². The summed E-state index contributed by atoms with van der Waals surface area (Å²) in [5, 5.41) is 4.53. The summed E-state index contributed by atoms with van der Waals surface area (Å²) < 4.78 is 3.68. The molecule has 0 bridgehead atoms. The lowest BCUT2D eigenvalue weighted by Crippen LogP contribution is -2.06. The molecule has 74 valence electrons. The van der Waals surface area contributed by atoms with E-state index >= 15 is 0 Å². The Hall–Kier alpha value is -1.49. The highest BCUT2D eigenvalue weighted by Gasteiger charge is 2.01. The molecule has 6 heteroatoms. The Morgan fingerprint density at radius 1 is 1.43 bits per heavy atom. The fourth-order valence-corrected chi connectivity index (χ4v) is 1.31. The predicted octanol–water partition coefficient (Wildman–Crippen LogP) is 1.02. The molecule has 0 aromatic carbocycles. The number of aryl methyl sites for hydroxylation is 2. The monoisotopic (exact) mass is 211 g/mol. The van der Waals surface area contributed by atoms with E-state index in [0.717, 1.165) is 13.1 Å². The Morgan fingerprint density at radius 2 is 2.29 bits per heavy atom. The summed E-state index contributed by atoms with van der Waals surface area (Å²) in [5.41, 5.74) is 5.51. The van der Waals surface area contributed by atoms with Gasteiger partial charge in [-0.1, -0.05) is 11.6 Å². The zero-order valence-electron chi connectivity index (χ0n) is 7.47. The third-order valence-corrected chi connectivity index (χ3v) is 2.18. The SMILES string of the molecule is Nc1nn(CCn2ccnc2)cc1Cl. The van der Waals surface area contributed by atoms with Gasteiger partial charge in [0.15, 0.2) is 5.82 Å². The first kappa shape index (κ1) is 9.08. The second kappa shape index (κ2) is 3.71. The smallest absolute Gasteiger partial charge is 0.164 e. The van der Waals surface area contributed by atoms with Crippen molar-refractivity contribution < 1.29 is 0 Å². The fourth-order valence-electron chi connectivity index (χ4n) is 1.16. The van der Waals surface area contributed by atoms with Crippen molar-refractivity contribution in [2.45, 2.75) is 13.1 Å². The molecule has 0 spiro atoms. The first-order chi connectivity index (χ1) is 6.75. The van der Waals surface area contributed by atoms with Gasteiger partial charge in [-0.25, -0.2) is 4.98 Å². The number of nitrogen functional groups attached to an aromatic ring is 1. The standard InChI is InChI=1S/C8H10ClN5/c9-7-5-14(12-8(7)10)4-3-13-2-1-11-6-13/h1-2,5-6H,3-4H2,(H2,10,12). The lowest BCUT2D eigenvalue weighted by molar-refractivity contribution is 0.534. The number of aromatic nitrogens is 4. The Labute approximate surface area is 86.1 Å². The molecule has 0 atom stereocenters. The van der Waals surface area contributed by atoms with Crippen molar-refractivity contribution in [3.63, 3.8) is 0 Å². The number of halogens is 1. The molecular formula is C8H10ClN5. The van der Waals surface area contributed by atoms with Crippen LogP contribution in [0.3, 0.4) is 0 Å². The largest absolute Gasteiger partial charge is 0.381 e. The minimum Gasteiger partial charge on any atom is -0.381 e. The lowest BCUT2D eigenvalue weighted by Gasteiger charge is -2.01. The molecule has 2 rings (SSSR count). The Bertz CT molecular complexity index is 386. The molecule has 2 N–H and O–H groups in total. The van der Waals surface area contributed by atoms with E-state index in [1.807, 2.05) is 10.8 Å². The molecule has 5 nitrogen and oxygen atoms in total. The van der Waals surface area contributed by atoms with Crippen LogP contribution in [0, 0.1) is 0 Å². The van der Waals surface area contributed by atoms with Gasteiger partial charge in [0.25, 0.3) is 0 Å². The minimum atomic E-state index is 0.372. The molecule has 0 fully saturated rings. The third-order valence-electron chi connectivity index (χ3n) is 1.89. The van der Waals surface area contributed by atoms with Crippen LogP contribution < -0.4 is 5.73 Å². The van der Waals surface area contributed by atoms with E-state index in [1.54, 1.807) is 23.4 Å². The maximum Gasteiger partial charge on any atom is 0.164 e. The Balaban J connectivity index is 1.98. The highest BCUT2D eigenvalue weighted by atomic mass is 35.5. The summed E-state index contributed by atoms with van der Waals surface area (Å²) in [6.45, 7) is 1.53. The van der Waals surface area contributed by atoms with Gasteiger partial charge in [0.2, 0.25) is 0 Å². The molecule has 14 heavy (non-hydrogen) atoms. The number of hydrogen-bond acceptors (Lipinski definition) is 3. The summed E-state index contributed by atoms with van der Waals surface area (Å²) >= 11 is 5.76. The van der Waals surface area contributed by atoms with Gasteiger partial charge in [0.05, 0.1) is 12.9 Å². The molecule has 2 aromatic heterocycles. The highest BCUT2D eigenvalue weighted by Crippen LogP contribution is 2.14. The number of rotatable bonds is 3. The summed E-state index contributed by atoms with van der Waals surface area (Å²) in [7, 11) is 0. The average Bonchev–Trinajstić information content (AvgIpc) is 2.74. The summed E-state index contributed by atoms with van der Waals surface area (Å²) in [6, 6.07) is 0. The van der Waals surface area contributed by atoms with E-state index in [4.69, 9.17) is 17.3 Å². The van der Waals surface area contributed by atoms with Crippen LogP contribution in [0.4, 0.5) is 5.82 Å². The minimum absolute atomic E-state index is 0.372. The van der Waals surface area contributed by atoms with Crippen LogP contribution in [-0.4, -0.2) is 19.3 Å². The highest BCUT2D eigenvalue weighted by molar-refractivity contribution is 6.32. The number of anilines is 1. The van der Waals surface area contributed by atoms with E-state index in [0.29, 0.717) is 10.8 Å². The van der Waals surface area contributed by atoms with Gasteiger partial charge >= 0.3 is 0 Å². The van der Waals surface area contributed by atoms with Gasteiger partial charge in [-0.15, -0.1) is 0 Å². The van der Waals surface area contributed by atoms with Crippen LogP contribution in [0.5, 0.6) is 0 Å². The Morgan fingerprint density at radius 3 is 2.86 bits per heavy atom. The number of imidazole rings is 1. The molecule has 0 saturated carbocycles. The second-order valence-electron chi connectivity index (χ2n) is 2.93. The first-order valence-corrected chi connectivity index (χ1v) is 4.57. The van der Waals surface area contributed by atoms with Crippen LogP contribution in [0.15, 0.2) is 24.9 Å². The van der Waals surface area contributed by atoms with Gasteiger partial charge in [0, 0.05) is 25.1 Å². The quantitative estimate of drug-likeness (QED) is 0.825. The normalized spacial score (nSPS) is 10.6. The molecule has 0 aliphatic rings. The zero-order chi connectivity index (χ0) is 9.97. The molecular weight excluding hydrogens is 202 g/mol. The van der Waals surface area contributed by atoms with Crippen LogP contribution >= 0.6 is 11.6 Å². The number of hydrogen-bond donors (Lipinski definition) is 1. The molecule has 0 unspecified atom stereocenters. The third kappa shape index (κ3) is 1.88. The summed E-state index contributed by atoms with van der Waals surface area (Å²) in [4.78, 5) is 3.94. The van der Waals surface area contributed by atoms with Crippen molar-refractivity contribution in [2.24, 2.45) is 0 Å². The van der Waals surface area contributed by atoms with Gasteiger partial charge in [-0.2, -0.15) is 5.10 Å². The number of nitrogens with zero attached hydrogens (tertiary/aromatic N) is 4. The average molecular weight is 212 g/mol. The zero-order valence-corrected chi connectivity index (χ0v) is 8.22. The molecule has 0 aliphatic heterocycles. The van der Waals surface area contributed by atoms with Crippen molar-refractivity contribution >= 4 is 17.4 Å². The van der Waals surface area contributed by atoms with Gasteiger partial charge in [-0.05, 0) is 0 Å². The summed E-state index contributed by atoms with van der Waals surface area (Å²) in [6.07, 6.45) is 7.11. The molecule has 2 heterocycles. The van der Waals surface area contributed by atoms with Crippen LogP contribution in [0.1, 0.15) is 0 Å². The lowest BCUT2D eigenvalue weighted by atomic mass is 10.6. The maximum atomic E-state index is 5.76. The molecule has 2 aromatic rings. The van der Waals surface area contributed by atoms with Gasteiger partial charge in [0.1, 0.15) is 5.02 Å². The van der Waals surface area contributed by atoms with Crippen molar-refractivity contribution in [3.05, 3.63) is 29.9 Å². The van der Waals surface area contributed by atoms with E-state index < -0.39 is 0 Å². The van der Waals surface area contributed by atoms with Crippen LogP contribution in [-0.2, 0) is 13.1 Å². The van der Waals surface area contributed by atoms with Crippen LogP contribution in [0.25, 0.3) is 0 Å². The predicted molar refractivity (Wildman–Crippen MR) is 53.9 cm³/mol. The van der Waals surface area contributed by atoms with Crippen molar-refractivity contribution in [2.75, 3.05) is 5.73 Å². The van der Waals surface area contributed by atoms with Crippen molar-refractivity contribution in [3.8, 4) is 0 Å². The summed E-state index contributed by atoms with van der Waals surface area (Å²) in [5.74, 6) is 0.372. The van der Waals surface area contributed by atoms with Crippen LogP contribution in [0.2, 0.25) is 5.02 Å². The van der Waals surface area contributed by atoms with E-state index in [9.17, 15) is 0 Å². The van der Waals surface area contributed by atoms with E-state index in [1.165, 1.54) is 0 Å². The molecule has 0 aliphatic carbocycles. The van der Waals surface area contributed by atoms with Crippen molar-refractivity contribution in [1.82, 2.24) is 19.3 Å². The molecule has 0 amide bonds. The van der Waals surface area contributed by atoms with E-state index in [2.05, 4.69) is 10.1 Å². The Kier molecular flexibility index (Phi) is 2.41.